The predicted octanol–water partition coefficient (Wildman–Crippen LogP) is 4.17. The van der Waals surface area contributed by atoms with Gasteiger partial charge in [0.1, 0.15) is 5.75 Å². The van der Waals surface area contributed by atoms with Crippen molar-refractivity contribution in [3.05, 3.63) is 70.1 Å². The van der Waals surface area contributed by atoms with Crippen molar-refractivity contribution in [2.45, 2.75) is 20.4 Å². The van der Waals surface area contributed by atoms with Crippen LogP contribution in [0.4, 0.5) is 4.79 Å². The normalized spacial score (nSPS) is 15.1. The van der Waals surface area contributed by atoms with Crippen molar-refractivity contribution < 1.29 is 23.9 Å². The Morgan fingerprint density at radius 1 is 1.14 bits per heavy atom. The standard InChI is InChI=1S/C22H21NO5S/c1-3-27-20(24)14-28-18-9-7-16(8-10-18)12-19-21(25)23(22(26)29-19)13-17-6-4-5-15(2)11-17/h4-12H,3,13-14H2,1-2H3/b19-12-. The van der Waals surface area contributed by atoms with Crippen LogP contribution in [-0.2, 0) is 20.9 Å². The van der Waals surface area contributed by atoms with Gasteiger partial charge in [0.2, 0.25) is 0 Å². The predicted molar refractivity (Wildman–Crippen MR) is 111 cm³/mol. The van der Waals surface area contributed by atoms with Crippen LogP contribution in [0.15, 0.2) is 53.4 Å². The molecule has 0 saturated carbocycles. The Hall–Kier alpha value is -3.06. The summed E-state index contributed by atoms with van der Waals surface area (Å²) in [6.07, 6.45) is 1.68. The maximum absolute atomic E-state index is 12.7. The molecule has 1 aliphatic rings. The molecule has 0 N–H and O–H groups in total. The molecule has 3 rings (SSSR count). The number of amides is 2. The number of hydrogen-bond acceptors (Lipinski definition) is 6. The average molecular weight is 411 g/mol. The first-order chi connectivity index (χ1) is 14.0. The zero-order valence-electron chi connectivity index (χ0n) is 16.2. The fraction of sp³-hybridized carbons (Fsp3) is 0.227. The second-order valence-electron chi connectivity index (χ2n) is 6.42. The average Bonchev–Trinajstić information content (AvgIpc) is 2.95. The number of benzene rings is 2. The fourth-order valence-corrected chi connectivity index (χ4v) is 3.62. The summed E-state index contributed by atoms with van der Waals surface area (Å²) in [5, 5.41) is -0.280. The van der Waals surface area contributed by atoms with Crippen LogP contribution in [0.2, 0.25) is 0 Å². The van der Waals surface area contributed by atoms with E-state index in [1.807, 2.05) is 31.2 Å². The maximum atomic E-state index is 12.7. The van der Waals surface area contributed by atoms with Gasteiger partial charge in [-0.3, -0.25) is 14.5 Å². The summed E-state index contributed by atoms with van der Waals surface area (Å²) in [5.41, 5.74) is 2.75. The molecule has 29 heavy (non-hydrogen) atoms. The minimum absolute atomic E-state index is 0.162. The van der Waals surface area contributed by atoms with Crippen molar-refractivity contribution in [3.63, 3.8) is 0 Å². The van der Waals surface area contributed by atoms with Gasteiger partial charge in [0.25, 0.3) is 11.1 Å². The molecule has 0 unspecified atom stereocenters. The third-order valence-electron chi connectivity index (χ3n) is 4.14. The van der Waals surface area contributed by atoms with Gasteiger partial charge < -0.3 is 9.47 Å². The summed E-state index contributed by atoms with van der Waals surface area (Å²) >= 11 is 0.930. The lowest BCUT2D eigenvalue weighted by molar-refractivity contribution is -0.145. The Morgan fingerprint density at radius 3 is 2.59 bits per heavy atom. The van der Waals surface area contributed by atoms with Gasteiger partial charge in [0.05, 0.1) is 18.1 Å². The van der Waals surface area contributed by atoms with E-state index in [-0.39, 0.29) is 24.3 Å². The van der Waals surface area contributed by atoms with Gasteiger partial charge in [0.15, 0.2) is 6.61 Å². The van der Waals surface area contributed by atoms with Gasteiger partial charge >= 0.3 is 5.97 Å². The van der Waals surface area contributed by atoms with Crippen molar-refractivity contribution in [1.29, 1.82) is 0 Å². The zero-order valence-corrected chi connectivity index (χ0v) is 17.0. The monoisotopic (exact) mass is 411 g/mol. The molecule has 1 fully saturated rings. The number of esters is 1. The lowest BCUT2D eigenvalue weighted by Crippen LogP contribution is -2.27. The second kappa shape index (κ2) is 9.43. The van der Waals surface area contributed by atoms with Crippen LogP contribution in [0, 0.1) is 6.92 Å². The van der Waals surface area contributed by atoms with E-state index >= 15 is 0 Å². The quantitative estimate of drug-likeness (QED) is 0.503. The highest BCUT2D eigenvalue weighted by Gasteiger charge is 2.34. The molecule has 0 spiro atoms. The maximum Gasteiger partial charge on any atom is 0.344 e. The summed E-state index contributed by atoms with van der Waals surface area (Å²) in [6, 6.07) is 14.6. The Kier molecular flexibility index (Phi) is 6.72. The SMILES string of the molecule is CCOC(=O)COc1ccc(/C=C2\SC(=O)N(Cc3cccc(C)c3)C2=O)cc1. The number of thioether (sulfide) groups is 1. The zero-order chi connectivity index (χ0) is 20.8. The van der Waals surface area contributed by atoms with Crippen LogP contribution < -0.4 is 4.74 Å². The van der Waals surface area contributed by atoms with E-state index in [9.17, 15) is 14.4 Å². The number of ether oxygens (including phenoxy) is 2. The van der Waals surface area contributed by atoms with Crippen LogP contribution in [-0.4, -0.2) is 35.2 Å². The van der Waals surface area contributed by atoms with Crippen molar-refractivity contribution in [2.75, 3.05) is 13.2 Å². The summed E-state index contributed by atoms with van der Waals surface area (Å²) in [5.74, 6) is -0.217. The molecule has 7 heteroatoms. The lowest BCUT2D eigenvalue weighted by atomic mass is 10.1. The molecule has 1 heterocycles. The van der Waals surface area contributed by atoms with Crippen molar-refractivity contribution in [1.82, 2.24) is 4.90 Å². The highest BCUT2D eigenvalue weighted by molar-refractivity contribution is 8.18. The Bertz CT molecular complexity index is 952. The third kappa shape index (κ3) is 5.48. The fourth-order valence-electron chi connectivity index (χ4n) is 2.79. The van der Waals surface area contributed by atoms with Crippen LogP contribution in [0.3, 0.4) is 0 Å². The second-order valence-corrected chi connectivity index (χ2v) is 7.41. The topological polar surface area (TPSA) is 72.9 Å². The number of carbonyl (C=O) groups excluding carboxylic acids is 3. The molecule has 1 aliphatic heterocycles. The van der Waals surface area contributed by atoms with Crippen LogP contribution in [0.25, 0.3) is 6.08 Å². The van der Waals surface area contributed by atoms with E-state index in [4.69, 9.17) is 9.47 Å². The lowest BCUT2D eigenvalue weighted by Gasteiger charge is -2.12. The molecule has 150 valence electrons. The van der Waals surface area contributed by atoms with Crippen molar-refractivity contribution in [3.8, 4) is 5.75 Å². The number of carbonyl (C=O) groups is 3. The molecule has 0 bridgehead atoms. The molecule has 0 radical (unpaired) electrons. The Balaban J connectivity index is 1.65. The molecule has 1 saturated heterocycles. The van der Waals surface area contributed by atoms with E-state index in [0.29, 0.717) is 17.3 Å². The number of imide groups is 1. The highest BCUT2D eigenvalue weighted by Crippen LogP contribution is 2.33. The molecule has 2 aromatic rings. The van der Waals surface area contributed by atoms with Crippen molar-refractivity contribution >= 4 is 35.0 Å². The van der Waals surface area contributed by atoms with E-state index in [0.717, 1.165) is 28.5 Å². The molecule has 0 aliphatic carbocycles. The van der Waals surface area contributed by atoms with Gasteiger partial charge in [-0.25, -0.2) is 4.79 Å². The first-order valence-electron chi connectivity index (χ1n) is 9.15. The van der Waals surface area contributed by atoms with Crippen LogP contribution >= 0.6 is 11.8 Å². The molecule has 2 aromatic carbocycles. The number of rotatable bonds is 7. The summed E-state index contributed by atoms with van der Waals surface area (Å²) in [4.78, 5) is 37.9. The number of nitrogens with zero attached hydrogens (tertiary/aromatic N) is 1. The van der Waals surface area contributed by atoms with Gasteiger partial charge in [-0.2, -0.15) is 0 Å². The first kappa shape index (κ1) is 20.7. The minimum Gasteiger partial charge on any atom is -0.482 e. The van der Waals surface area contributed by atoms with Gasteiger partial charge in [-0.05, 0) is 54.9 Å². The van der Waals surface area contributed by atoms with E-state index in [1.54, 1.807) is 37.3 Å². The Labute approximate surface area is 173 Å². The largest absolute Gasteiger partial charge is 0.482 e. The smallest absolute Gasteiger partial charge is 0.344 e. The van der Waals surface area contributed by atoms with Crippen molar-refractivity contribution in [2.24, 2.45) is 0 Å². The molecule has 0 aromatic heterocycles. The summed E-state index contributed by atoms with van der Waals surface area (Å²) < 4.78 is 10.2. The third-order valence-corrected chi connectivity index (χ3v) is 5.04. The Morgan fingerprint density at radius 2 is 1.90 bits per heavy atom. The summed E-state index contributed by atoms with van der Waals surface area (Å²) in [6.45, 7) is 4.10. The number of hydrogen-bond donors (Lipinski definition) is 0. The van der Waals surface area contributed by atoms with E-state index in [1.165, 1.54) is 4.90 Å². The molecular formula is C22H21NO5S. The van der Waals surface area contributed by atoms with Gasteiger partial charge in [-0.15, -0.1) is 0 Å². The molecule has 2 amide bonds. The van der Waals surface area contributed by atoms with Gasteiger partial charge in [-0.1, -0.05) is 42.0 Å². The molecule has 0 atom stereocenters. The van der Waals surface area contributed by atoms with E-state index < -0.39 is 5.97 Å². The first-order valence-corrected chi connectivity index (χ1v) is 9.97. The molecule has 6 nitrogen and oxygen atoms in total. The minimum atomic E-state index is -0.432. The van der Waals surface area contributed by atoms with E-state index in [2.05, 4.69) is 0 Å². The number of aryl methyl sites for hydroxylation is 1. The van der Waals surface area contributed by atoms with Crippen LogP contribution in [0.1, 0.15) is 23.6 Å². The molecular weight excluding hydrogens is 390 g/mol. The highest BCUT2D eigenvalue weighted by atomic mass is 32.2. The summed E-state index contributed by atoms with van der Waals surface area (Å²) in [7, 11) is 0. The van der Waals surface area contributed by atoms with Crippen LogP contribution in [0.5, 0.6) is 5.75 Å². The van der Waals surface area contributed by atoms with Gasteiger partial charge in [0, 0.05) is 0 Å².